The molecule has 0 aromatic heterocycles. The Kier molecular flexibility index (Phi) is 7.63. The van der Waals surface area contributed by atoms with Crippen molar-refractivity contribution in [1.29, 1.82) is 0 Å². The second-order valence-corrected chi connectivity index (χ2v) is 5.87. The Bertz CT molecular complexity index is 362. The Hall–Kier alpha value is -1.06. The van der Waals surface area contributed by atoms with Crippen molar-refractivity contribution >= 4 is 0 Å². The highest BCUT2D eigenvalue weighted by molar-refractivity contribution is 5.29. The third kappa shape index (κ3) is 5.93. The number of benzene rings is 1. The molecule has 0 amide bonds. The lowest BCUT2D eigenvalue weighted by atomic mass is 10.1. The highest BCUT2D eigenvalue weighted by atomic mass is 16.5. The van der Waals surface area contributed by atoms with Crippen LogP contribution in [0.3, 0.4) is 0 Å². The highest BCUT2D eigenvalue weighted by Gasteiger charge is 2.12. The third-order valence-electron chi connectivity index (χ3n) is 3.27. The molecule has 0 bridgehead atoms. The number of rotatable bonds is 9. The molecule has 0 saturated carbocycles. The van der Waals surface area contributed by atoms with Gasteiger partial charge in [0.1, 0.15) is 5.75 Å². The number of nitrogens with zero attached hydrogens (tertiary/aromatic N) is 1. The van der Waals surface area contributed by atoms with Gasteiger partial charge in [0.05, 0.1) is 6.61 Å². The number of hydrogen-bond acceptors (Lipinski definition) is 3. The summed E-state index contributed by atoms with van der Waals surface area (Å²) < 4.78 is 5.63. The maximum atomic E-state index is 5.63. The molecule has 114 valence electrons. The van der Waals surface area contributed by atoms with Crippen LogP contribution >= 0.6 is 0 Å². The van der Waals surface area contributed by atoms with Crippen molar-refractivity contribution in [2.75, 3.05) is 33.8 Å². The van der Waals surface area contributed by atoms with Crippen LogP contribution in [0.2, 0.25) is 0 Å². The van der Waals surface area contributed by atoms with E-state index < -0.39 is 0 Å². The molecule has 1 aromatic carbocycles. The van der Waals surface area contributed by atoms with Gasteiger partial charge in [0.25, 0.3) is 0 Å². The first-order valence-electron chi connectivity index (χ1n) is 7.65. The van der Waals surface area contributed by atoms with Gasteiger partial charge in [0.15, 0.2) is 0 Å². The van der Waals surface area contributed by atoms with Crippen LogP contribution < -0.4 is 10.1 Å². The van der Waals surface area contributed by atoms with Crippen molar-refractivity contribution in [2.45, 2.75) is 33.2 Å². The van der Waals surface area contributed by atoms with E-state index in [0.29, 0.717) is 12.0 Å². The van der Waals surface area contributed by atoms with E-state index in [2.05, 4.69) is 62.3 Å². The largest absolute Gasteiger partial charge is 0.494 e. The summed E-state index contributed by atoms with van der Waals surface area (Å²) in [5.74, 6) is 1.66. The molecule has 1 aromatic rings. The van der Waals surface area contributed by atoms with Crippen LogP contribution in [0.15, 0.2) is 24.3 Å². The highest BCUT2D eigenvalue weighted by Crippen LogP contribution is 2.19. The number of hydrogen-bond donors (Lipinski definition) is 1. The van der Waals surface area contributed by atoms with Crippen LogP contribution in [-0.2, 0) is 0 Å². The molecule has 1 N–H and O–H groups in total. The van der Waals surface area contributed by atoms with Crippen molar-refractivity contribution in [3.05, 3.63) is 29.8 Å². The molecule has 0 radical (unpaired) electrons. The van der Waals surface area contributed by atoms with Crippen LogP contribution in [0.25, 0.3) is 0 Å². The molecule has 20 heavy (non-hydrogen) atoms. The molecule has 0 saturated heterocycles. The van der Waals surface area contributed by atoms with Gasteiger partial charge in [-0.25, -0.2) is 0 Å². The van der Waals surface area contributed by atoms with Crippen molar-refractivity contribution in [3.63, 3.8) is 0 Å². The molecule has 1 unspecified atom stereocenters. The van der Waals surface area contributed by atoms with E-state index in [4.69, 9.17) is 4.74 Å². The zero-order valence-electron chi connectivity index (χ0n) is 13.6. The van der Waals surface area contributed by atoms with E-state index in [1.807, 2.05) is 7.05 Å². The fourth-order valence-electron chi connectivity index (χ4n) is 2.39. The van der Waals surface area contributed by atoms with Crippen LogP contribution in [-0.4, -0.2) is 38.7 Å². The molecule has 1 atom stereocenters. The second kappa shape index (κ2) is 8.98. The van der Waals surface area contributed by atoms with E-state index >= 15 is 0 Å². The molecule has 0 aliphatic heterocycles. The molecule has 3 heteroatoms. The minimum Gasteiger partial charge on any atom is -0.494 e. The maximum Gasteiger partial charge on any atom is 0.119 e. The first-order valence-corrected chi connectivity index (χ1v) is 7.65. The van der Waals surface area contributed by atoms with Gasteiger partial charge < -0.3 is 15.0 Å². The van der Waals surface area contributed by atoms with Gasteiger partial charge in [-0.3, -0.25) is 0 Å². The number of ether oxygens (including phenoxy) is 1. The van der Waals surface area contributed by atoms with Gasteiger partial charge in [-0.05, 0) is 44.1 Å². The molecular formula is C17H30N2O. The van der Waals surface area contributed by atoms with Gasteiger partial charge in [0.2, 0.25) is 0 Å². The standard InChI is InChI=1S/C17H30N2O/c1-6-11-20-16-9-7-15(8-10-16)17(18-4)13-19(5)12-14(2)3/h7-10,14,17-18H,6,11-13H2,1-5H3. The van der Waals surface area contributed by atoms with Crippen molar-refractivity contribution in [3.8, 4) is 5.75 Å². The third-order valence-corrected chi connectivity index (χ3v) is 3.27. The molecule has 3 nitrogen and oxygen atoms in total. The van der Waals surface area contributed by atoms with Gasteiger partial charge in [0, 0.05) is 19.1 Å². The average Bonchev–Trinajstić information content (AvgIpc) is 2.42. The summed E-state index contributed by atoms with van der Waals surface area (Å²) in [6, 6.07) is 8.82. The van der Waals surface area contributed by atoms with Gasteiger partial charge in [-0.2, -0.15) is 0 Å². The Morgan fingerprint density at radius 1 is 1.15 bits per heavy atom. The topological polar surface area (TPSA) is 24.5 Å². The monoisotopic (exact) mass is 278 g/mol. The molecule has 0 spiro atoms. The van der Waals surface area contributed by atoms with E-state index in [9.17, 15) is 0 Å². The van der Waals surface area contributed by atoms with Crippen LogP contribution in [0.5, 0.6) is 5.75 Å². The van der Waals surface area contributed by atoms with E-state index in [1.54, 1.807) is 0 Å². The quantitative estimate of drug-likeness (QED) is 0.750. The number of likely N-dealkylation sites (N-methyl/N-ethyl adjacent to an activating group) is 2. The Balaban J connectivity index is 2.60. The summed E-state index contributed by atoms with van der Waals surface area (Å²) in [5, 5.41) is 3.40. The summed E-state index contributed by atoms with van der Waals surface area (Å²) >= 11 is 0. The Morgan fingerprint density at radius 2 is 1.80 bits per heavy atom. The molecule has 0 fully saturated rings. The van der Waals surface area contributed by atoms with Crippen LogP contribution in [0.4, 0.5) is 0 Å². The summed E-state index contributed by atoms with van der Waals surface area (Å²) in [6.45, 7) is 9.55. The van der Waals surface area contributed by atoms with Gasteiger partial charge >= 0.3 is 0 Å². The molecular weight excluding hydrogens is 248 g/mol. The van der Waals surface area contributed by atoms with Crippen molar-refractivity contribution in [1.82, 2.24) is 10.2 Å². The smallest absolute Gasteiger partial charge is 0.119 e. The van der Waals surface area contributed by atoms with Crippen molar-refractivity contribution < 1.29 is 4.74 Å². The predicted octanol–water partition coefficient (Wildman–Crippen LogP) is 3.32. The van der Waals surface area contributed by atoms with E-state index in [0.717, 1.165) is 31.9 Å². The summed E-state index contributed by atoms with van der Waals surface area (Å²) in [4.78, 5) is 2.38. The lowest BCUT2D eigenvalue weighted by molar-refractivity contribution is 0.267. The zero-order chi connectivity index (χ0) is 15.0. The second-order valence-electron chi connectivity index (χ2n) is 5.87. The normalized spacial score (nSPS) is 12.9. The zero-order valence-corrected chi connectivity index (χ0v) is 13.6. The predicted molar refractivity (Wildman–Crippen MR) is 86.4 cm³/mol. The first-order chi connectivity index (χ1) is 9.56. The summed E-state index contributed by atoms with van der Waals surface area (Å²) in [5.41, 5.74) is 1.31. The lowest BCUT2D eigenvalue weighted by Crippen LogP contribution is -2.33. The lowest BCUT2D eigenvalue weighted by Gasteiger charge is -2.25. The van der Waals surface area contributed by atoms with E-state index in [1.165, 1.54) is 5.56 Å². The maximum absolute atomic E-state index is 5.63. The Labute approximate surface area is 124 Å². The summed E-state index contributed by atoms with van der Waals surface area (Å²) in [6.07, 6.45) is 1.04. The summed E-state index contributed by atoms with van der Waals surface area (Å²) in [7, 11) is 4.21. The van der Waals surface area contributed by atoms with Gasteiger partial charge in [-0.1, -0.05) is 32.9 Å². The average molecular weight is 278 g/mol. The Morgan fingerprint density at radius 3 is 2.30 bits per heavy atom. The van der Waals surface area contributed by atoms with Crippen molar-refractivity contribution in [2.24, 2.45) is 5.92 Å². The minimum absolute atomic E-state index is 0.360. The SMILES string of the molecule is CCCOc1ccc(C(CN(C)CC(C)C)NC)cc1. The van der Waals surface area contributed by atoms with Gasteiger partial charge in [-0.15, -0.1) is 0 Å². The molecule has 0 aliphatic carbocycles. The number of nitrogens with one attached hydrogen (secondary N) is 1. The molecule has 1 rings (SSSR count). The molecule has 0 heterocycles. The van der Waals surface area contributed by atoms with Crippen LogP contribution in [0.1, 0.15) is 38.8 Å². The minimum atomic E-state index is 0.360. The molecule has 0 aliphatic rings. The first kappa shape index (κ1) is 17.0. The fourth-order valence-corrected chi connectivity index (χ4v) is 2.39. The fraction of sp³-hybridized carbons (Fsp3) is 0.647. The van der Waals surface area contributed by atoms with Crippen LogP contribution in [0, 0.1) is 5.92 Å². The van der Waals surface area contributed by atoms with E-state index in [-0.39, 0.29) is 0 Å².